The van der Waals surface area contributed by atoms with Gasteiger partial charge in [-0.05, 0) is 61.4 Å². The van der Waals surface area contributed by atoms with Crippen molar-refractivity contribution >= 4 is 64.6 Å². The Kier molecular flexibility index (Phi) is 11.1. The number of amides is 4. The SMILES string of the molecule is Cc1cc(SCC(=O)N[C@@H]2C(=O)N3C(C(=O)O)=C(C=C4CCN(Cc5cccc[n+]5CC(=O)Nc5ccc(O)c(F)c5)C4=O)CS[C@H]23)n2nc(-c3ccc(O)c(O)c3)nc2n1. The van der Waals surface area contributed by atoms with E-state index in [0.29, 0.717) is 40.5 Å². The number of pyridine rings is 1. The number of carboxylic acids is 1. The molecule has 6 heterocycles. The van der Waals surface area contributed by atoms with E-state index in [0.717, 1.165) is 28.8 Å². The van der Waals surface area contributed by atoms with E-state index in [1.54, 1.807) is 46.9 Å². The largest absolute Gasteiger partial charge is 0.505 e. The van der Waals surface area contributed by atoms with Crippen molar-refractivity contribution in [1.82, 2.24) is 34.7 Å². The number of hydrogen-bond donors (Lipinski definition) is 6. The van der Waals surface area contributed by atoms with Gasteiger partial charge in [0, 0.05) is 53.0 Å². The smallest absolute Gasteiger partial charge is 0.352 e. The lowest BCUT2D eigenvalue weighted by atomic mass is 10.0. The number of aromatic nitrogens is 5. The predicted molar refractivity (Wildman–Crippen MR) is 216 cm³/mol. The number of aryl methyl sites for hydroxylation is 1. The molecule has 0 radical (unpaired) electrons. The van der Waals surface area contributed by atoms with Crippen molar-refractivity contribution in [1.29, 1.82) is 0 Å². The van der Waals surface area contributed by atoms with E-state index in [9.17, 15) is 48.8 Å². The summed E-state index contributed by atoms with van der Waals surface area (Å²) in [7, 11) is 0. The number of thioether (sulfide) groups is 2. The number of hydrogen-bond acceptors (Lipinski definition) is 13. The fraction of sp³-hybridized carbons (Fsp3) is 0.225. The van der Waals surface area contributed by atoms with Crippen molar-refractivity contribution in [3.8, 4) is 28.6 Å². The standard InChI is InChI=1S/C40H34FN9O9S2/c1-20-12-32(50-40(42-20)45-35(46-50)21-5-7-28(52)29(53)14-21)60-19-31(55)44-33-37(57)49-34(39(58)59)23(18-61-38(33)49)13-22-9-11-48(36(22)56)16-25-4-2-3-10-47(25)17-30(54)43-24-6-8-27(51)26(41)15-24/h2-8,10,12-15,33,38H,9,11,16-19H2,1H3,(H5-,43,44,46,51,52,53,54,55,58,59)/p+1/t33-,38-/m1/s1. The molecule has 0 unspecified atom stereocenters. The number of carbonyl (C=O) groups is 5. The first-order valence-electron chi connectivity index (χ1n) is 18.6. The average Bonchev–Trinajstić information content (AvgIpc) is 3.81. The van der Waals surface area contributed by atoms with Crippen LogP contribution in [0.2, 0.25) is 0 Å². The highest BCUT2D eigenvalue weighted by Gasteiger charge is 2.54. The average molecular weight is 869 g/mol. The second-order valence-corrected chi connectivity index (χ2v) is 16.3. The van der Waals surface area contributed by atoms with Crippen LogP contribution in [0.5, 0.6) is 17.2 Å². The minimum absolute atomic E-state index is 0.121. The Morgan fingerprint density at radius 2 is 1.82 bits per heavy atom. The first-order valence-corrected chi connectivity index (χ1v) is 20.6. The van der Waals surface area contributed by atoms with Crippen LogP contribution in [0.3, 0.4) is 0 Å². The summed E-state index contributed by atoms with van der Waals surface area (Å²) in [5.74, 6) is -4.76. The number of likely N-dealkylation sites (tertiary alicyclic amines) is 1. The van der Waals surface area contributed by atoms with E-state index in [4.69, 9.17) is 0 Å². The van der Waals surface area contributed by atoms with Crippen molar-refractivity contribution in [2.45, 2.75) is 42.9 Å². The number of anilines is 1. The van der Waals surface area contributed by atoms with E-state index in [2.05, 4.69) is 25.7 Å². The molecule has 4 amide bonds. The van der Waals surface area contributed by atoms with Crippen molar-refractivity contribution in [3.05, 3.63) is 107 Å². The third-order valence-electron chi connectivity index (χ3n) is 10.0. The summed E-state index contributed by atoms with van der Waals surface area (Å²) < 4.78 is 16.9. The highest BCUT2D eigenvalue weighted by atomic mass is 32.2. The highest BCUT2D eigenvalue weighted by Crippen LogP contribution is 2.41. The number of fused-ring (bicyclic) bond motifs is 2. The third-order valence-corrected chi connectivity index (χ3v) is 12.3. The molecule has 0 spiro atoms. The summed E-state index contributed by atoms with van der Waals surface area (Å²) in [6.45, 7) is 2.07. The summed E-state index contributed by atoms with van der Waals surface area (Å²) in [6.07, 6.45) is 3.50. The molecule has 21 heteroatoms. The number of nitrogens with zero attached hydrogens (tertiary/aromatic N) is 7. The molecule has 0 bridgehead atoms. The molecule has 3 aromatic heterocycles. The number of nitrogens with one attached hydrogen (secondary N) is 2. The van der Waals surface area contributed by atoms with Crippen molar-refractivity contribution in [2.75, 3.05) is 23.4 Å². The Morgan fingerprint density at radius 3 is 2.59 bits per heavy atom. The Hall–Kier alpha value is -7.00. The van der Waals surface area contributed by atoms with Gasteiger partial charge in [0.2, 0.25) is 24.1 Å². The van der Waals surface area contributed by atoms with E-state index in [1.165, 1.54) is 46.6 Å². The topological polar surface area (TPSA) is 244 Å². The maximum absolute atomic E-state index is 13.8. The van der Waals surface area contributed by atoms with Crippen LogP contribution in [-0.2, 0) is 37.1 Å². The zero-order valence-electron chi connectivity index (χ0n) is 32.0. The number of allylic oxidation sites excluding steroid dienone is 1. The molecule has 61 heavy (non-hydrogen) atoms. The van der Waals surface area contributed by atoms with Crippen LogP contribution in [0, 0.1) is 12.7 Å². The second-order valence-electron chi connectivity index (χ2n) is 14.2. The molecule has 2 saturated heterocycles. The quantitative estimate of drug-likeness (QED) is 0.0201. The van der Waals surface area contributed by atoms with Crippen molar-refractivity contribution < 1.29 is 53.4 Å². The van der Waals surface area contributed by atoms with Crippen LogP contribution in [-0.4, -0.2) is 109 Å². The fourth-order valence-corrected chi connectivity index (χ4v) is 9.22. The second kappa shape index (κ2) is 16.6. The van der Waals surface area contributed by atoms with E-state index in [-0.39, 0.29) is 70.6 Å². The lowest BCUT2D eigenvalue weighted by Gasteiger charge is -2.49. The lowest BCUT2D eigenvalue weighted by Crippen LogP contribution is -2.70. The summed E-state index contributed by atoms with van der Waals surface area (Å²) >= 11 is 2.39. The monoisotopic (exact) mass is 868 g/mol. The van der Waals surface area contributed by atoms with Gasteiger partial charge in [0.15, 0.2) is 35.1 Å². The van der Waals surface area contributed by atoms with E-state index < -0.39 is 46.7 Å². The minimum Gasteiger partial charge on any atom is -0.505 e. The molecule has 6 N–H and O–H groups in total. The van der Waals surface area contributed by atoms with Crippen molar-refractivity contribution in [3.63, 3.8) is 0 Å². The van der Waals surface area contributed by atoms with Gasteiger partial charge < -0.3 is 36.0 Å². The number of phenols is 3. The Labute approximate surface area is 353 Å². The summed E-state index contributed by atoms with van der Waals surface area (Å²) in [6, 6.07) is 13.6. The molecule has 312 valence electrons. The molecule has 18 nitrogen and oxygen atoms in total. The molecule has 2 atom stereocenters. The number of benzene rings is 2. The molecular formula is C40H35FN9O9S2+. The molecule has 2 aromatic carbocycles. The predicted octanol–water partition coefficient (Wildman–Crippen LogP) is 2.47. The normalized spacial score (nSPS) is 18.1. The minimum atomic E-state index is -1.35. The third kappa shape index (κ3) is 8.28. The molecule has 0 aliphatic carbocycles. The van der Waals surface area contributed by atoms with Gasteiger partial charge in [-0.3, -0.25) is 24.1 Å². The molecule has 3 aliphatic heterocycles. The van der Waals surface area contributed by atoms with Gasteiger partial charge in [0.05, 0.1) is 5.75 Å². The van der Waals surface area contributed by atoms with Crippen LogP contribution in [0.25, 0.3) is 17.2 Å². The van der Waals surface area contributed by atoms with Crippen LogP contribution < -0.4 is 15.2 Å². The lowest BCUT2D eigenvalue weighted by molar-refractivity contribution is -0.692. The molecule has 2 fully saturated rings. The number of β-lactam (4-membered cyclic amide) rings is 1. The number of carboxylic acid groups (broad SMARTS) is 1. The van der Waals surface area contributed by atoms with Gasteiger partial charge >= 0.3 is 5.97 Å². The maximum atomic E-state index is 13.8. The summed E-state index contributed by atoms with van der Waals surface area (Å²) in [5.41, 5.74) is 2.22. The first-order chi connectivity index (χ1) is 29.2. The maximum Gasteiger partial charge on any atom is 0.352 e. The number of aromatic hydroxyl groups is 3. The van der Waals surface area contributed by atoms with Crippen LogP contribution >= 0.6 is 23.5 Å². The van der Waals surface area contributed by atoms with Gasteiger partial charge in [0.1, 0.15) is 28.7 Å². The number of aliphatic carboxylic acids is 1. The van der Waals surface area contributed by atoms with Gasteiger partial charge in [-0.1, -0.05) is 17.8 Å². The van der Waals surface area contributed by atoms with E-state index in [1.807, 2.05) is 0 Å². The zero-order chi connectivity index (χ0) is 43.1. The Bertz CT molecular complexity index is 2740. The van der Waals surface area contributed by atoms with Gasteiger partial charge in [-0.15, -0.1) is 16.9 Å². The molecule has 0 saturated carbocycles. The summed E-state index contributed by atoms with van der Waals surface area (Å²) in [4.78, 5) is 77.2. The van der Waals surface area contributed by atoms with E-state index >= 15 is 0 Å². The zero-order valence-corrected chi connectivity index (χ0v) is 33.6. The fourth-order valence-electron chi connectivity index (χ4n) is 7.06. The van der Waals surface area contributed by atoms with Crippen LogP contribution in [0.4, 0.5) is 10.1 Å². The van der Waals surface area contributed by atoms with Crippen molar-refractivity contribution in [2.24, 2.45) is 0 Å². The van der Waals surface area contributed by atoms with Crippen LogP contribution in [0.1, 0.15) is 17.8 Å². The molecule has 3 aliphatic rings. The molecule has 8 rings (SSSR count). The van der Waals surface area contributed by atoms with Gasteiger partial charge in [-0.2, -0.15) is 14.1 Å². The molecular weight excluding hydrogens is 834 g/mol. The number of rotatable bonds is 12. The number of carbonyl (C=O) groups excluding carboxylic acids is 4. The Balaban J connectivity index is 0.901. The van der Waals surface area contributed by atoms with Gasteiger partial charge in [-0.25, -0.2) is 14.2 Å². The molecule has 5 aromatic rings. The number of halogens is 1. The first kappa shape index (κ1) is 40.8. The van der Waals surface area contributed by atoms with Crippen LogP contribution in [0.15, 0.2) is 94.8 Å². The highest BCUT2D eigenvalue weighted by molar-refractivity contribution is 8.00. The number of phenolic OH excluding ortho intramolecular Hbond substituents is 3. The van der Waals surface area contributed by atoms with Gasteiger partial charge in [0.25, 0.3) is 17.6 Å². The Morgan fingerprint density at radius 1 is 1.02 bits per heavy atom. The summed E-state index contributed by atoms with van der Waals surface area (Å²) in [5, 5.41) is 48.9.